The topological polar surface area (TPSA) is 37.8 Å². The number of hydrogen-bond acceptors (Lipinski definition) is 6. The third kappa shape index (κ3) is 3.71. The number of hydrogen-bond donors (Lipinski definition) is 1. The molecule has 0 radical (unpaired) electrons. The fraction of sp³-hybridized carbons (Fsp3) is 0.333. The predicted molar refractivity (Wildman–Crippen MR) is 80.7 cm³/mol. The number of nitrogens with zero attached hydrogens (tertiary/aromatic N) is 2. The van der Waals surface area contributed by atoms with E-state index in [4.69, 9.17) is 0 Å². The van der Waals surface area contributed by atoms with E-state index in [0.29, 0.717) is 5.25 Å². The Morgan fingerprint density at radius 1 is 1.22 bits per heavy atom. The van der Waals surface area contributed by atoms with Gasteiger partial charge in [-0.1, -0.05) is 65.2 Å². The highest BCUT2D eigenvalue weighted by molar-refractivity contribution is 8.03. The monoisotopic (exact) mass is 297 g/mol. The molecule has 0 aliphatic carbocycles. The predicted octanol–water partition coefficient (Wildman–Crippen LogP) is 3.31. The SMILES string of the molecule is CNCC(Sc1nnc(SC)s1)c1ccccc1. The van der Waals surface area contributed by atoms with Gasteiger partial charge in [-0.05, 0) is 18.9 Å². The molecule has 1 N–H and O–H groups in total. The minimum atomic E-state index is 0.374. The minimum Gasteiger partial charge on any atom is -0.318 e. The number of likely N-dealkylation sites (N-methyl/N-ethyl adjacent to an activating group) is 1. The molecule has 0 bridgehead atoms. The van der Waals surface area contributed by atoms with Crippen molar-refractivity contribution in [3.63, 3.8) is 0 Å². The van der Waals surface area contributed by atoms with E-state index >= 15 is 0 Å². The lowest BCUT2D eigenvalue weighted by Crippen LogP contribution is -2.14. The van der Waals surface area contributed by atoms with Crippen LogP contribution in [0.5, 0.6) is 0 Å². The summed E-state index contributed by atoms with van der Waals surface area (Å²) in [7, 11) is 1.98. The van der Waals surface area contributed by atoms with Crippen molar-refractivity contribution in [2.75, 3.05) is 19.8 Å². The van der Waals surface area contributed by atoms with Crippen LogP contribution in [0.3, 0.4) is 0 Å². The molecule has 18 heavy (non-hydrogen) atoms. The van der Waals surface area contributed by atoms with Crippen LogP contribution in [-0.2, 0) is 0 Å². The van der Waals surface area contributed by atoms with Crippen molar-refractivity contribution in [1.29, 1.82) is 0 Å². The molecule has 0 spiro atoms. The molecule has 0 fully saturated rings. The summed E-state index contributed by atoms with van der Waals surface area (Å²) < 4.78 is 2.05. The number of aromatic nitrogens is 2. The summed E-state index contributed by atoms with van der Waals surface area (Å²) in [5.41, 5.74) is 1.32. The average molecular weight is 297 g/mol. The minimum absolute atomic E-state index is 0.374. The Hall–Kier alpha value is -0.560. The molecule has 0 saturated carbocycles. The standard InChI is InChI=1S/C12H15N3S3/c1-13-8-10(9-6-4-3-5-7-9)17-12-15-14-11(16-2)18-12/h3-7,10,13H,8H2,1-2H3. The van der Waals surface area contributed by atoms with Gasteiger partial charge >= 0.3 is 0 Å². The maximum atomic E-state index is 4.22. The summed E-state index contributed by atoms with van der Waals surface area (Å²) >= 11 is 5.07. The zero-order chi connectivity index (χ0) is 12.8. The molecule has 1 aromatic heterocycles. The molecule has 0 amide bonds. The third-order valence-corrected chi connectivity index (χ3v) is 5.61. The average Bonchev–Trinajstić information content (AvgIpc) is 2.87. The van der Waals surface area contributed by atoms with Crippen molar-refractivity contribution in [3.05, 3.63) is 35.9 Å². The summed E-state index contributed by atoms with van der Waals surface area (Å²) in [5.74, 6) is 0. The van der Waals surface area contributed by atoms with Gasteiger partial charge in [0.2, 0.25) is 0 Å². The largest absolute Gasteiger partial charge is 0.318 e. The van der Waals surface area contributed by atoms with Gasteiger partial charge < -0.3 is 5.32 Å². The molecule has 6 heteroatoms. The highest BCUT2D eigenvalue weighted by atomic mass is 32.2. The summed E-state index contributed by atoms with van der Waals surface area (Å²) in [6.07, 6.45) is 2.03. The molecule has 96 valence electrons. The fourth-order valence-electron chi connectivity index (χ4n) is 1.53. The summed E-state index contributed by atoms with van der Waals surface area (Å²) in [5, 5.41) is 12.0. The van der Waals surface area contributed by atoms with Crippen LogP contribution < -0.4 is 5.32 Å². The van der Waals surface area contributed by atoms with E-state index in [1.54, 1.807) is 34.9 Å². The Bertz CT molecular complexity index is 472. The molecule has 1 unspecified atom stereocenters. The van der Waals surface area contributed by atoms with Crippen LogP contribution in [0.1, 0.15) is 10.8 Å². The van der Waals surface area contributed by atoms with Crippen LogP contribution in [-0.4, -0.2) is 30.0 Å². The summed E-state index contributed by atoms with van der Waals surface area (Å²) in [6, 6.07) is 10.5. The van der Waals surface area contributed by atoms with Crippen LogP contribution in [0.25, 0.3) is 0 Å². The maximum Gasteiger partial charge on any atom is 0.175 e. The molecule has 1 atom stereocenters. The first-order valence-corrected chi connectivity index (χ1v) is 8.49. The van der Waals surface area contributed by atoms with Crippen LogP contribution >= 0.6 is 34.9 Å². The van der Waals surface area contributed by atoms with Crippen molar-refractivity contribution in [2.24, 2.45) is 0 Å². The van der Waals surface area contributed by atoms with Gasteiger partial charge in [-0.3, -0.25) is 0 Å². The van der Waals surface area contributed by atoms with Gasteiger partial charge in [0, 0.05) is 11.8 Å². The van der Waals surface area contributed by atoms with E-state index in [2.05, 4.69) is 39.8 Å². The van der Waals surface area contributed by atoms with Gasteiger partial charge in [0.1, 0.15) is 0 Å². The van der Waals surface area contributed by atoms with Crippen molar-refractivity contribution >= 4 is 34.9 Å². The molecule has 2 aromatic rings. The lowest BCUT2D eigenvalue weighted by Gasteiger charge is -2.14. The second-order valence-corrected chi connectivity index (χ2v) is 7.09. The van der Waals surface area contributed by atoms with Crippen LogP contribution in [0, 0.1) is 0 Å². The summed E-state index contributed by atoms with van der Waals surface area (Å²) in [6.45, 7) is 0.920. The van der Waals surface area contributed by atoms with Gasteiger partial charge in [0.25, 0.3) is 0 Å². The van der Waals surface area contributed by atoms with E-state index < -0.39 is 0 Å². The highest BCUT2D eigenvalue weighted by Gasteiger charge is 2.15. The molecule has 2 rings (SSSR count). The van der Waals surface area contributed by atoms with Crippen molar-refractivity contribution in [3.8, 4) is 0 Å². The molecule has 0 aliphatic rings. The fourth-order valence-corrected chi connectivity index (χ4v) is 4.35. The maximum absolute atomic E-state index is 4.22. The van der Waals surface area contributed by atoms with Gasteiger partial charge in [-0.25, -0.2) is 0 Å². The molecule has 1 heterocycles. The Balaban J connectivity index is 2.11. The lowest BCUT2D eigenvalue weighted by atomic mass is 10.1. The number of thioether (sulfide) groups is 2. The van der Waals surface area contributed by atoms with Crippen molar-refractivity contribution < 1.29 is 0 Å². The first-order chi connectivity index (χ1) is 8.83. The van der Waals surface area contributed by atoms with E-state index in [0.717, 1.165) is 15.2 Å². The van der Waals surface area contributed by atoms with E-state index in [1.807, 2.05) is 19.4 Å². The second-order valence-electron chi connectivity index (χ2n) is 3.61. The molecule has 0 aliphatic heterocycles. The first-order valence-electron chi connectivity index (χ1n) is 5.57. The highest BCUT2D eigenvalue weighted by Crippen LogP contribution is 2.37. The zero-order valence-electron chi connectivity index (χ0n) is 10.3. The Labute approximate surface area is 120 Å². The van der Waals surface area contributed by atoms with Gasteiger partial charge in [-0.15, -0.1) is 10.2 Å². The van der Waals surface area contributed by atoms with E-state index in [9.17, 15) is 0 Å². The lowest BCUT2D eigenvalue weighted by molar-refractivity contribution is 0.776. The van der Waals surface area contributed by atoms with Crippen LogP contribution in [0.15, 0.2) is 39.0 Å². The molecule has 3 nitrogen and oxygen atoms in total. The molecule has 0 saturated heterocycles. The van der Waals surface area contributed by atoms with Crippen molar-refractivity contribution in [2.45, 2.75) is 13.9 Å². The number of benzene rings is 1. The van der Waals surface area contributed by atoms with Crippen molar-refractivity contribution in [1.82, 2.24) is 15.5 Å². The van der Waals surface area contributed by atoms with E-state index in [-0.39, 0.29) is 0 Å². The third-order valence-electron chi connectivity index (χ3n) is 2.37. The smallest absolute Gasteiger partial charge is 0.175 e. The van der Waals surface area contributed by atoms with Gasteiger partial charge in [-0.2, -0.15) is 0 Å². The molecule has 1 aromatic carbocycles. The second kappa shape index (κ2) is 7.13. The Morgan fingerprint density at radius 3 is 2.56 bits per heavy atom. The van der Waals surface area contributed by atoms with Gasteiger partial charge in [0.15, 0.2) is 8.68 Å². The van der Waals surface area contributed by atoms with Crippen LogP contribution in [0.2, 0.25) is 0 Å². The summed E-state index contributed by atoms with van der Waals surface area (Å²) in [4.78, 5) is 0. The Morgan fingerprint density at radius 2 is 1.94 bits per heavy atom. The van der Waals surface area contributed by atoms with E-state index in [1.165, 1.54) is 5.56 Å². The number of rotatable bonds is 6. The molecular formula is C12H15N3S3. The first kappa shape index (κ1) is 13.9. The Kier molecular flexibility index (Phi) is 5.49. The number of nitrogens with one attached hydrogen (secondary N) is 1. The zero-order valence-corrected chi connectivity index (χ0v) is 12.7. The molecular weight excluding hydrogens is 282 g/mol. The van der Waals surface area contributed by atoms with Gasteiger partial charge in [0.05, 0.1) is 0 Å². The van der Waals surface area contributed by atoms with Crippen LogP contribution in [0.4, 0.5) is 0 Å². The normalized spacial score (nSPS) is 12.6. The quantitative estimate of drug-likeness (QED) is 0.828.